The Hall–Kier alpha value is -7.05. The Morgan fingerprint density at radius 1 is 0.600 bits per heavy atom. The Kier molecular flexibility index (Phi) is 15.1. The molecule has 18 heteroatoms. The molecule has 6 unspecified atom stereocenters. The van der Waals surface area contributed by atoms with Crippen molar-refractivity contribution in [2.75, 3.05) is 6.54 Å². The first-order valence-corrected chi connectivity index (χ1v) is 19.2. The van der Waals surface area contributed by atoms with Gasteiger partial charge in [0.15, 0.2) is 6.04 Å². The van der Waals surface area contributed by atoms with Crippen molar-refractivity contribution in [3.8, 4) is 0 Å². The third kappa shape index (κ3) is 11.8. The highest BCUT2D eigenvalue weighted by Crippen LogP contribution is 2.21. The maximum atomic E-state index is 14.3. The molecule has 0 aliphatic rings. The first-order valence-electron chi connectivity index (χ1n) is 19.2. The Bertz CT molecular complexity index is 2320. The number of nitrogens with one attached hydrogen (secondary N) is 7. The van der Waals surface area contributed by atoms with Crippen LogP contribution in [0.25, 0.3) is 21.8 Å². The van der Waals surface area contributed by atoms with Crippen molar-refractivity contribution in [1.29, 1.82) is 0 Å². The topological polar surface area (TPSA) is 298 Å². The second-order valence-electron chi connectivity index (χ2n) is 14.3. The van der Waals surface area contributed by atoms with Crippen molar-refractivity contribution in [1.82, 2.24) is 36.6 Å². The Morgan fingerprint density at radius 2 is 1.05 bits per heavy atom. The molecule has 316 valence electrons. The molecule has 0 radical (unpaired) electrons. The molecule has 0 bridgehead atoms. The molecule has 0 spiro atoms. The molecule has 0 saturated carbocycles. The van der Waals surface area contributed by atoms with Crippen molar-refractivity contribution in [2.24, 2.45) is 5.73 Å². The van der Waals surface area contributed by atoms with Gasteiger partial charge in [0, 0.05) is 59.9 Å². The number of aliphatic carboxylic acids is 2. The molecule has 3 aromatic carbocycles. The summed E-state index contributed by atoms with van der Waals surface area (Å²) in [6.45, 7) is 0.763. The highest BCUT2D eigenvalue weighted by molar-refractivity contribution is 5.97. The number of rotatable bonds is 21. The van der Waals surface area contributed by atoms with Gasteiger partial charge in [0.2, 0.25) is 29.5 Å². The monoisotopic (exact) mass is 824 g/mol. The smallest absolute Gasteiger partial charge is 0.328 e. The molecule has 18 nitrogen and oxygen atoms in total. The van der Waals surface area contributed by atoms with E-state index in [-0.39, 0.29) is 19.3 Å². The number of aromatic amines is 2. The summed E-state index contributed by atoms with van der Waals surface area (Å²) in [5.74, 6) is -7.03. The van der Waals surface area contributed by atoms with Crippen LogP contribution >= 0.6 is 0 Å². The maximum Gasteiger partial charge on any atom is 0.328 e. The fourth-order valence-corrected chi connectivity index (χ4v) is 6.77. The first kappa shape index (κ1) is 44.1. The van der Waals surface area contributed by atoms with Crippen molar-refractivity contribution >= 4 is 63.3 Å². The molecule has 2 heterocycles. The summed E-state index contributed by atoms with van der Waals surface area (Å²) in [6.07, 6.45) is 0.475. The van der Waals surface area contributed by atoms with Gasteiger partial charge >= 0.3 is 11.9 Å². The van der Waals surface area contributed by atoms with E-state index in [2.05, 4.69) is 36.6 Å². The minimum Gasteiger partial charge on any atom is -0.481 e. The Balaban J connectivity index is 1.45. The van der Waals surface area contributed by atoms with Crippen molar-refractivity contribution in [2.45, 2.75) is 75.3 Å². The molecule has 0 aliphatic heterocycles. The van der Waals surface area contributed by atoms with Crippen LogP contribution < -0.4 is 32.3 Å². The summed E-state index contributed by atoms with van der Waals surface area (Å²) in [5.41, 5.74) is 8.89. The standard InChI is InChI=1S/C42H48N8O10/c1-23(51)37(42(59)60)50-41(58)34(19-26-22-45-30-14-8-6-12-28(26)30)48-38(55)31(15-16-36(53)54)47-40(57)33(18-25-21-44-29-13-7-5-11-27(25)29)49-39(56)32(46-35(52)20-43)17-24-9-3-2-4-10-24/h2-14,21-23,31-34,37,44-45,51H,15-20,43H2,1H3,(H,46,52)(H,47,57)(H,48,55)(H,49,56)(H,50,58)(H,53,54)(H,59,60). The summed E-state index contributed by atoms with van der Waals surface area (Å²) in [6, 6.07) is 15.8. The van der Waals surface area contributed by atoms with Crippen LogP contribution in [0.15, 0.2) is 91.3 Å². The van der Waals surface area contributed by atoms with Crippen LogP contribution in [0, 0.1) is 0 Å². The zero-order chi connectivity index (χ0) is 43.3. The molecule has 12 N–H and O–H groups in total. The highest BCUT2D eigenvalue weighted by Gasteiger charge is 2.34. The zero-order valence-corrected chi connectivity index (χ0v) is 32.6. The number of nitrogens with two attached hydrogens (primary N) is 1. The molecule has 6 atom stereocenters. The average Bonchev–Trinajstić information content (AvgIpc) is 3.84. The average molecular weight is 825 g/mol. The number of amides is 5. The van der Waals surface area contributed by atoms with Crippen LogP contribution in [0.3, 0.4) is 0 Å². The second-order valence-corrected chi connectivity index (χ2v) is 14.3. The van der Waals surface area contributed by atoms with E-state index in [4.69, 9.17) is 5.73 Å². The Labute approximate surface area is 343 Å². The molecule has 0 fully saturated rings. The number of aromatic nitrogens is 2. The number of para-hydroxylation sites is 2. The van der Waals surface area contributed by atoms with E-state index in [1.54, 1.807) is 73.1 Å². The maximum absolute atomic E-state index is 14.3. The van der Waals surface area contributed by atoms with Crippen LogP contribution in [0.5, 0.6) is 0 Å². The van der Waals surface area contributed by atoms with Gasteiger partial charge in [-0.15, -0.1) is 0 Å². The number of carbonyl (C=O) groups is 7. The van der Waals surface area contributed by atoms with Gasteiger partial charge in [-0.3, -0.25) is 28.8 Å². The van der Waals surface area contributed by atoms with E-state index >= 15 is 0 Å². The number of carboxylic acid groups (broad SMARTS) is 2. The molecule has 5 amide bonds. The molecule has 0 aliphatic carbocycles. The van der Waals surface area contributed by atoms with Crippen LogP contribution in [-0.2, 0) is 52.8 Å². The van der Waals surface area contributed by atoms with Gasteiger partial charge in [0.05, 0.1) is 12.6 Å². The number of carboxylic acids is 2. The second kappa shape index (κ2) is 20.6. The normalized spacial score (nSPS) is 14.2. The number of hydrogen-bond acceptors (Lipinski definition) is 9. The third-order valence-corrected chi connectivity index (χ3v) is 9.91. The number of carbonyl (C=O) groups excluding carboxylic acids is 5. The van der Waals surface area contributed by atoms with E-state index < -0.39 is 97.2 Å². The summed E-state index contributed by atoms with van der Waals surface area (Å²) < 4.78 is 0. The van der Waals surface area contributed by atoms with Crippen LogP contribution in [0.4, 0.5) is 0 Å². The lowest BCUT2D eigenvalue weighted by atomic mass is 10.0. The third-order valence-electron chi connectivity index (χ3n) is 9.91. The molecular weight excluding hydrogens is 777 g/mol. The number of aliphatic hydroxyl groups is 1. The molecular formula is C42H48N8O10. The summed E-state index contributed by atoms with van der Waals surface area (Å²) in [4.78, 5) is 98.4. The largest absolute Gasteiger partial charge is 0.481 e. The van der Waals surface area contributed by atoms with Gasteiger partial charge in [-0.2, -0.15) is 0 Å². The lowest BCUT2D eigenvalue weighted by Gasteiger charge is -2.27. The summed E-state index contributed by atoms with van der Waals surface area (Å²) in [5, 5.41) is 43.5. The lowest BCUT2D eigenvalue weighted by molar-refractivity contribution is -0.145. The number of H-pyrrole nitrogens is 2. The summed E-state index contributed by atoms with van der Waals surface area (Å²) in [7, 11) is 0. The van der Waals surface area contributed by atoms with Crippen molar-refractivity contribution in [3.05, 3.63) is 108 Å². The van der Waals surface area contributed by atoms with Gasteiger partial charge < -0.3 is 57.6 Å². The summed E-state index contributed by atoms with van der Waals surface area (Å²) >= 11 is 0. The van der Waals surface area contributed by atoms with Crippen LogP contribution in [0.1, 0.15) is 36.5 Å². The van der Waals surface area contributed by atoms with Gasteiger partial charge in [-0.25, -0.2) is 4.79 Å². The van der Waals surface area contributed by atoms with E-state index in [0.29, 0.717) is 27.6 Å². The quantitative estimate of drug-likeness (QED) is 0.0481. The molecule has 60 heavy (non-hydrogen) atoms. The number of fused-ring (bicyclic) bond motifs is 2. The van der Waals surface area contributed by atoms with E-state index in [1.165, 1.54) is 6.92 Å². The predicted molar refractivity (Wildman–Crippen MR) is 219 cm³/mol. The molecule has 0 saturated heterocycles. The number of hydrogen-bond donors (Lipinski definition) is 11. The zero-order valence-electron chi connectivity index (χ0n) is 32.6. The van der Waals surface area contributed by atoms with Crippen LogP contribution in [-0.4, -0.2) is 110 Å². The molecule has 5 aromatic rings. The van der Waals surface area contributed by atoms with Crippen molar-refractivity contribution < 1.29 is 48.9 Å². The van der Waals surface area contributed by atoms with E-state index in [9.17, 15) is 48.9 Å². The van der Waals surface area contributed by atoms with Gasteiger partial charge in [0.25, 0.3) is 0 Å². The fourth-order valence-electron chi connectivity index (χ4n) is 6.77. The first-order chi connectivity index (χ1) is 28.7. The highest BCUT2D eigenvalue weighted by atomic mass is 16.4. The number of benzene rings is 3. The van der Waals surface area contributed by atoms with Gasteiger partial charge in [-0.05, 0) is 42.2 Å². The van der Waals surface area contributed by atoms with Crippen molar-refractivity contribution in [3.63, 3.8) is 0 Å². The van der Waals surface area contributed by atoms with E-state index in [0.717, 1.165) is 10.9 Å². The Morgan fingerprint density at radius 3 is 1.53 bits per heavy atom. The molecule has 2 aromatic heterocycles. The SMILES string of the molecule is CC(O)C(NC(=O)C(Cc1c[nH]c2ccccc12)NC(=O)C(CCC(=O)O)NC(=O)C(Cc1c[nH]c2ccccc12)NC(=O)C(Cc1ccccc1)NC(=O)CN)C(=O)O. The predicted octanol–water partition coefficient (Wildman–Crippen LogP) is 0.390. The fraction of sp³-hybridized carbons (Fsp3) is 0.310. The number of aliphatic hydroxyl groups excluding tert-OH is 1. The minimum absolute atomic E-state index is 0.0428. The lowest BCUT2D eigenvalue weighted by Crippen LogP contribution is -2.60. The van der Waals surface area contributed by atoms with Crippen LogP contribution in [0.2, 0.25) is 0 Å². The van der Waals surface area contributed by atoms with Gasteiger partial charge in [0.1, 0.15) is 24.2 Å². The van der Waals surface area contributed by atoms with Gasteiger partial charge in [-0.1, -0.05) is 66.7 Å². The molecule has 5 rings (SSSR count). The minimum atomic E-state index is -1.74. The van der Waals surface area contributed by atoms with E-state index in [1.807, 2.05) is 18.2 Å².